The van der Waals surface area contributed by atoms with E-state index in [-0.39, 0.29) is 5.75 Å². The van der Waals surface area contributed by atoms with Crippen LogP contribution in [-0.4, -0.2) is 34.3 Å². The van der Waals surface area contributed by atoms with Gasteiger partial charge in [0.15, 0.2) is 19.7 Å². The molecule has 0 aliphatic rings. The van der Waals surface area contributed by atoms with Gasteiger partial charge in [-0.3, -0.25) is 4.98 Å². The van der Waals surface area contributed by atoms with Crippen molar-refractivity contribution in [3.05, 3.63) is 90.1 Å². The van der Waals surface area contributed by atoms with E-state index in [1.165, 1.54) is 12.5 Å². The van der Waals surface area contributed by atoms with E-state index in [4.69, 9.17) is 0 Å². The molecule has 4 aromatic rings. The summed E-state index contributed by atoms with van der Waals surface area (Å²) in [5, 5.41) is 0.877. The number of hydrogen-bond donors (Lipinski definition) is 0. The second kappa shape index (κ2) is 8.64. The monoisotopic (exact) mass is 493 g/mol. The molecule has 176 valence electrons. The Hall–Kier alpha value is -3.03. The number of pyridine rings is 1. The molecule has 0 N–H and O–H groups in total. The molecule has 0 aliphatic carbocycles. The number of nitrogens with zero attached hydrogens (tertiary/aromatic N) is 1. The minimum atomic E-state index is -3.35. The van der Waals surface area contributed by atoms with Crippen LogP contribution in [0.5, 0.6) is 0 Å². The average Bonchev–Trinajstić information content (AvgIpc) is 2.77. The first-order chi connectivity index (χ1) is 15.8. The Kier molecular flexibility index (Phi) is 6.12. The van der Waals surface area contributed by atoms with Crippen LogP contribution in [0.25, 0.3) is 33.2 Å². The number of hydrogen-bond acceptors (Lipinski definition) is 5. The van der Waals surface area contributed by atoms with Gasteiger partial charge >= 0.3 is 0 Å². The van der Waals surface area contributed by atoms with Crippen molar-refractivity contribution < 1.29 is 16.8 Å². The molecule has 0 spiro atoms. The van der Waals surface area contributed by atoms with Crippen molar-refractivity contribution in [1.82, 2.24) is 4.98 Å². The van der Waals surface area contributed by atoms with Crippen LogP contribution >= 0.6 is 0 Å². The molecule has 1 aromatic heterocycles. The van der Waals surface area contributed by atoms with Gasteiger partial charge in [-0.15, -0.1) is 0 Å². The molecule has 0 amide bonds. The van der Waals surface area contributed by atoms with Gasteiger partial charge in [-0.1, -0.05) is 48.5 Å². The highest BCUT2D eigenvalue weighted by Gasteiger charge is 2.33. The van der Waals surface area contributed by atoms with E-state index in [9.17, 15) is 16.8 Å². The van der Waals surface area contributed by atoms with Gasteiger partial charge in [-0.25, -0.2) is 16.8 Å². The van der Waals surface area contributed by atoms with E-state index in [0.29, 0.717) is 5.56 Å². The molecular weight excluding hydrogens is 466 g/mol. The number of benzene rings is 3. The summed E-state index contributed by atoms with van der Waals surface area (Å²) in [5.41, 5.74) is 5.97. The molecule has 0 atom stereocenters. The first-order valence-electron chi connectivity index (χ1n) is 10.8. The van der Waals surface area contributed by atoms with Crippen LogP contribution in [0, 0.1) is 0 Å². The molecule has 34 heavy (non-hydrogen) atoms. The van der Waals surface area contributed by atoms with Crippen molar-refractivity contribution >= 4 is 30.6 Å². The topological polar surface area (TPSA) is 81.2 Å². The van der Waals surface area contributed by atoms with Crippen LogP contribution < -0.4 is 0 Å². The van der Waals surface area contributed by atoms with Crippen LogP contribution in [0.1, 0.15) is 25.0 Å². The molecule has 5 nitrogen and oxygen atoms in total. The summed E-state index contributed by atoms with van der Waals surface area (Å²) in [6.07, 6.45) is 4.22. The standard InChI is InChI=1S/C27H27NO4S2/c1-27(2,34(4,31)32)24-16-23-9-6-14-28-26(23)25(17-24)22-8-5-7-21(15-22)20-12-10-19(11-13-20)18-33(3,29)30/h5-17H,18H2,1-4H3. The first kappa shape index (κ1) is 24.1. The van der Waals surface area contributed by atoms with Crippen LogP contribution in [0.4, 0.5) is 0 Å². The summed E-state index contributed by atoms with van der Waals surface area (Å²) < 4.78 is 47.2. The third-order valence-corrected chi connectivity index (χ3v) is 9.16. The molecule has 1 heterocycles. The van der Waals surface area contributed by atoms with E-state index in [2.05, 4.69) is 4.98 Å². The Bertz CT molecular complexity index is 1590. The molecule has 0 fully saturated rings. The van der Waals surface area contributed by atoms with Crippen molar-refractivity contribution in [2.75, 3.05) is 12.5 Å². The van der Waals surface area contributed by atoms with E-state index >= 15 is 0 Å². The van der Waals surface area contributed by atoms with Gasteiger partial charge in [0.05, 0.1) is 16.0 Å². The number of aromatic nitrogens is 1. The molecular formula is C27H27NO4S2. The van der Waals surface area contributed by atoms with Crippen molar-refractivity contribution in [2.45, 2.75) is 24.3 Å². The highest BCUT2D eigenvalue weighted by atomic mass is 32.2. The van der Waals surface area contributed by atoms with Gasteiger partial charge in [-0.2, -0.15) is 0 Å². The lowest BCUT2D eigenvalue weighted by molar-refractivity contribution is 0.561. The van der Waals surface area contributed by atoms with Crippen LogP contribution in [0.15, 0.2) is 79.0 Å². The molecule has 4 rings (SSSR count). The van der Waals surface area contributed by atoms with Crippen LogP contribution in [0.2, 0.25) is 0 Å². The van der Waals surface area contributed by atoms with Crippen LogP contribution in [-0.2, 0) is 30.2 Å². The first-order valence-corrected chi connectivity index (χ1v) is 14.8. The maximum Gasteiger partial charge on any atom is 0.156 e. The lowest BCUT2D eigenvalue weighted by Gasteiger charge is -2.24. The van der Waals surface area contributed by atoms with E-state index in [1.807, 2.05) is 72.8 Å². The van der Waals surface area contributed by atoms with E-state index in [1.54, 1.807) is 20.0 Å². The van der Waals surface area contributed by atoms with E-state index < -0.39 is 24.4 Å². The maximum atomic E-state index is 12.5. The fraction of sp³-hybridized carbons (Fsp3) is 0.222. The Morgan fingerprint density at radius 2 is 1.44 bits per heavy atom. The minimum Gasteiger partial charge on any atom is -0.256 e. The summed E-state index contributed by atoms with van der Waals surface area (Å²) in [6.45, 7) is 3.44. The maximum absolute atomic E-state index is 12.5. The molecule has 7 heteroatoms. The summed E-state index contributed by atoms with van der Waals surface area (Å²) in [5.74, 6) is 0.00783. The highest BCUT2D eigenvalue weighted by Crippen LogP contribution is 2.37. The smallest absolute Gasteiger partial charge is 0.156 e. The number of rotatable bonds is 6. The summed E-state index contributed by atoms with van der Waals surface area (Å²) in [4.78, 5) is 4.58. The molecule has 0 aliphatic heterocycles. The highest BCUT2D eigenvalue weighted by molar-refractivity contribution is 7.91. The third-order valence-electron chi connectivity index (χ3n) is 6.22. The Labute approximate surface area is 201 Å². The van der Waals surface area contributed by atoms with E-state index in [0.717, 1.165) is 38.7 Å². The molecule has 3 aromatic carbocycles. The van der Waals surface area contributed by atoms with Crippen molar-refractivity contribution in [1.29, 1.82) is 0 Å². The minimum absolute atomic E-state index is 0.00783. The third kappa shape index (κ3) is 4.91. The van der Waals surface area contributed by atoms with Gasteiger partial charge in [-0.05, 0) is 65.9 Å². The van der Waals surface area contributed by atoms with Gasteiger partial charge in [0.25, 0.3) is 0 Å². The van der Waals surface area contributed by atoms with Gasteiger partial charge in [0.2, 0.25) is 0 Å². The Balaban J connectivity index is 1.84. The van der Waals surface area contributed by atoms with Crippen LogP contribution in [0.3, 0.4) is 0 Å². The molecule has 0 bridgehead atoms. The lowest BCUT2D eigenvalue weighted by atomic mass is 9.92. The lowest BCUT2D eigenvalue weighted by Crippen LogP contribution is -2.28. The quantitative estimate of drug-likeness (QED) is 0.360. The molecule has 0 saturated heterocycles. The largest absolute Gasteiger partial charge is 0.256 e. The van der Waals surface area contributed by atoms with Crippen molar-refractivity contribution in [3.63, 3.8) is 0 Å². The van der Waals surface area contributed by atoms with Crippen molar-refractivity contribution in [2.24, 2.45) is 0 Å². The summed E-state index contributed by atoms with van der Waals surface area (Å²) >= 11 is 0. The predicted molar refractivity (Wildman–Crippen MR) is 139 cm³/mol. The fourth-order valence-corrected chi connectivity index (χ4v) is 5.28. The van der Waals surface area contributed by atoms with Gasteiger partial charge in [0.1, 0.15) is 0 Å². The normalized spacial score (nSPS) is 12.7. The average molecular weight is 494 g/mol. The van der Waals surface area contributed by atoms with Crippen molar-refractivity contribution in [3.8, 4) is 22.3 Å². The number of sulfone groups is 2. The molecule has 0 unspecified atom stereocenters. The predicted octanol–water partition coefficient (Wildman–Crippen LogP) is 5.39. The summed E-state index contributed by atoms with van der Waals surface area (Å²) in [7, 11) is -6.45. The van der Waals surface area contributed by atoms with Gasteiger partial charge < -0.3 is 0 Å². The second-order valence-electron chi connectivity index (χ2n) is 9.23. The molecule has 0 saturated carbocycles. The Morgan fingerprint density at radius 1 is 0.765 bits per heavy atom. The zero-order chi connectivity index (χ0) is 24.7. The fourth-order valence-electron chi connectivity index (χ4n) is 3.94. The SMILES string of the molecule is CC(C)(c1cc(-c2cccc(-c3ccc(CS(C)(=O)=O)cc3)c2)c2ncccc2c1)S(C)(=O)=O. The second-order valence-corrected chi connectivity index (χ2v) is 13.9. The molecule has 0 radical (unpaired) electrons. The van der Waals surface area contributed by atoms with Gasteiger partial charge in [0, 0.05) is 29.7 Å². The Morgan fingerprint density at radius 3 is 2.09 bits per heavy atom. The zero-order valence-electron chi connectivity index (χ0n) is 19.6. The zero-order valence-corrected chi connectivity index (χ0v) is 21.2. The summed E-state index contributed by atoms with van der Waals surface area (Å²) in [6, 6.07) is 23.1. The number of fused-ring (bicyclic) bond motifs is 1.